The number of carbonyl (C=O) groups is 2. The van der Waals surface area contributed by atoms with Gasteiger partial charge in [0.25, 0.3) is 5.91 Å². The van der Waals surface area contributed by atoms with Crippen molar-refractivity contribution in [2.75, 3.05) is 19.7 Å². The number of aliphatic carboxylic acids is 1. The molecule has 1 atom stereocenters. The summed E-state index contributed by atoms with van der Waals surface area (Å²) in [6.07, 6.45) is 1.82. The summed E-state index contributed by atoms with van der Waals surface area (Å²) in [5, 5.41) is 10.5. The lowest BCUT2D eigenvalue weighted by molar-refractivity contribution is -0.137. The van der Waals surface area contributed by atoms with E-state index >= 15 is 0 Å². The minimum atomic E-state index is -0.922. The van der Waals surface area contributed by atoms with Crippen LogP contribution in [0.1, 0.15) is 23.2 Å². The van der Waals surface area contributed by atoms with Gasteiger partial charge in [0, 0.05) is 35.6 Å². The van der Waals surface area contributed by atoms with Gasteiger partial charge in [-0.3, -0.25) is 9.59 Å². The lowest BCUT2D eigenvalue weighted by Gasteiger charge is -2.31. The van der Waals surface area contributed by atoms with E-state index in [1.165, 1.54) is 0 Å². The second-order valence-corrected chi connectivity index (χ2v) is 9.00. The molecule has 34 heavy (non-hydrogen) atoms. The predicted molar refractivity (Wildman–Crippen MR) is 127 cm³/mol. The second-order valence-electron chi connectivity index (χ2n) is 9.00. The molecule has 1 amide bonds. The van der Waals surface area contributed by atoms with Crippen molar-refractivity contribution in [3.8, 4) is 17.3 Å². The smallest absolute Gasteiger partial charge is 0.323 e. The molecule has 0 saturated carbocycles. The number of nitrogens with two attached hydrogens (primary N) is 1. The first-order valence-electron chi connectivity index (χ1n) is 11.5. The largest absolute Gasteiger partial charge is 0.489 e. The van der Waals surface area contributed by atoms with Gasteiger partial charge in [0.1, 0.15) is 24.4 Å². The Morgan fingerprint density at radius 1 is 1.18 bits per heavy atom. The fourth-order valence-electron chi connectivity index (χ4n) is 5.20. The summed E-state index contributed by atoms with van der Waals surface area (Å²) in [5.74, 6) is 0.294. The van der Waals surface area contributed by atoms with E-state index in [0.717, 1.165) is 35.0 Å². The molecule has 0 aliphatic carbocycles. The highest BCUT2D eigenvalue weighted by atomic mass is 16.5. The Labute approximate surface area is 195 Å². The number of ether oxygens (including phenoxy) is 1. The molecule has 1 saturated heterocycles. The number of carboxylic acid groups (broad SMARTS) is 1. The van der Waals surface area contributed by atoms with Crippen molar-refractivity contribution >= 4 is 33.8 Å². The van der Waals surface area contributed by atoms with E-state index in [4.69, 9.17) is 15.5 Å². The number of fused-ring (bicyclic) bond motifs is 1. The Bertz CT molecular complexity index is 1450. The van der Waals surface area contributed by atoms with Crippen molar-refractivity contribution in [1.82, 2.24) is 19.0 Å². The SMILES string of the molecule is N[C@@H]1CCCN(C(=O)c2cc3c4c(c2)nc(-c2cc5ccccc5n2CC(=O)O)n4CCO3)C1. The molecule has 0 radical (unpaired) electrons. The van der Waals surface area contributed by atoms with Crippen molar-refractivity contribution in [3.05, 3.63) is 48.0 Å². The first-order valence-corrected chi connectivity index (χ1v) is 11.5. The van der Waals surface area contributed by atoms with Crippen LogP contribution in [0.3, 0.4) is 0 Å². The van der Waals surface area contributed by atoms with Crippen molar-refractivity contribution in [2.45, 2.75) is 32.0 Å². The molecule has 0 spiro atoms. The highest BCUT2D eigenvalue weighted by Crippen LogP contribution is 2.37. The molecule has 1 fully saturated rings. The molecule has 2 aliphatic heterocycles. The van der Waals surface area contributed by atoms with Gasteiger partial charge in [0.15, 0.2) is 5.82 Å². The van der Waals surface area contributed by atoms with Gasteiger partial charge in [-0.2, -0.15) is 0 Å². The zero-order valence-corrected chi connectivity index (χ0v) is 18.6. The minimum absolute atomic E-state index is 0.00185. The van der Waals surface area contributed by atoms with Crippen LogP contribution in [-0.4, -0.2) is 61.7 Å². The van der Waals surface area contributed by atoms with E-state index in [9.17, 15) is 14.7 Å². The normalized spacial score (nSPS) is 17.8. The topological polar surface area (TPSA) is 116 Å². The van der Waals surface area contributed by atoms with E-state index in [2.05, 4.69) is 4.57 Å². The number of amides is 1. The van der Waals surface area contributed by atoms with Crippen LogP contribution in [0.4, 0.5) is 0 Å². The van der Waals surface area contributed by atoms with Crippen LogP contribution in [0.5, 0.6) is 5.75 Å². The van der Waals surface area contributed by atoms with E-state index in [1.54, 1.807) is 21.6 Å². The molecule has 4 heterocycles. The molecular weight excluding hydrogens is 434 g/mol. The van der Waals surface area contributed by atoms with Crippen LogP contribution in [0.2, 0.25) is 0 Å². The molecule has 9 nitrogen and oxygen atoms in total. The Morgan fingerprint density at radius 2 is 2.03 bits per heavy atom. The summed E-state index contributed by atoms with van der Waals surface area (Å²) in [4.78, 5) is 31.6. The Hall–Kier alpha value is -3.85. The number of benzene rings is 2. The maximum Gasteiger partial charge on any atom is 0.323 e. The third-order valence-corrected chi connectivity index (χ3v) is 6.70. The maximum absolute atomic E-state index is 13.2. The fourth-order valence-corrected chi connectivity index (χ4v) is 5.20. The standard InChI is InChI=1S/C25H25N5O4/c26-17-5-3-7-28(13-17)25(33)16-10-18-23-21(12-16)34-9-8-29(23)24(27-18)20-11-15-4-1-2-6-19(15)30(20)14-22(31)32/h1-2,4,6,10-12,17H,3,5,7-9,13-14,26H2,(H,31,32)/t17-/m1/s1. The lowest BCUT2D eigenvalue weighted by Crippen LogP contribution is -2.45. The molecule has 4 aromatic rings. The Morgan fingerprint density at radius 3 is 2.85 bits per heavy atom. The molecule has 9 heteroatoms. The molecule has 2 aromatic heterocycles. The minimum Gasteiger partial charge on any atom is -0.489 e. The van der Waals surface area contributed by atoms with Crippen LogP contribution < -0.4 is 10.5 Å². The average Bonchev–Trinajstić information content (AvgIpc) is 3.38. The first-order chi connectivity index (χ1) is 16.5. The van der Waals surface area contributed by atoms with Crippen molar-refractivity contribution in [2.24, 2.45) is 5.73 Å². The summed E-state index contributed by atoms with van der Waals surface area (Å²) in [7, 11) is 0. The summed E-state index contributed by atoms with van der Waals surface area (Å²) in [6, 6.07) is 13.3. The fraction of sp³-hybridized carbons (Fsp3) is 0.320. The number of hydrogen-bond acceptors (Lipinski definition) is 5. The summed E-state index contributed by atoms with van der Waals surface area (Å²) < 4.78 is 9.78. The number of imidazole rings is 1. The van der Waals surface area contributed by atoms with Gasteiger partial charge in [0.2, 0.25) is 0 Å². The number of aromatic nitrogens is 3. The van der Waals surface area contributed by atoms with Gasteiger partial charge < -0.3 is 29.6 Å². The number of para-hydroxylation sites is 1. The van der Waals surface area contributed by atoms with Crippen molar-refractivity contribution in [3.63, 3.8) is 0 Å². The highest BCUT2D eigenvalue weighted by molar-refractivity contribution is 6.00. The predicted octanol–water partition coefficient (Wildman–Crippen LogP) is 2.70. The maximum atomic E-state index is 13.2. The van der Waals surface area contributed by atoms with E-state index in [-0.39, 0.29) is 18.5 Å². The molecule has 2 aliphatic rings. The molecule has 0 unspecified atom stereocenters. The third kappa shape index (κ3) is 3.31. The Balaban J connectivity index is 1.50. The summed E-state index contributed by atoms with van der Waals surface area (Å²) >= 11 is 0. The number of carbonyl (C=O) groups excluding carboxylic acids is 1. The van der Waals surface area contributed by atoms with Crippen LogP contribution in [0.25, 0.3) is 33.5 Å². The molecular formula is C25H25N5O4. The summed E-state index contributed by atoms with van der Waals surface area (Å²) in [5.41, 5.74) is 9.65. The van der Waals surface area contributed by atoms with Gasteiger partial charge in [-0.25, -0.2) is 4.98 Å². The number of carboxylic acids is 1. The first kappa shape index (κ1) is 20.7. The van der Waals surface area contributed by atoms with E-state index in [0.29, 0.717) is 48.9 Å². The van der Waals surface area contributed by atoms with Crippen LogP contribution in [-0.2, 0) is 17.9 Å². The molecule has 3 N–H and O–H groups in total. The second kappa shape index (κ2) is 7.88. The van der Waals surface area contributed by atoms with Crippen molar-refractivity contribution < 1.29 is 19.4 Å². The van der Waals surface area contributed by atoms with Gasteiger partial charge >= 0.3 is 5.97 Å². The van der Waals surface area contributed by atoms with Gasteiger partial charge in [-0.05, 0) is 37.1 Å². The van der Waals surface area contributed by atoms with E-state index < -0.39 is 5.97 Å². The number of rotatable bonds is 4. The number of likely N-dealkylation sites (tertiary alicyclic amines) is 1. The number of hydrogen-bond donors (Lipinski definition) is 2. The third-order valence-electron chi connectivity index (χ3n) is 6.70. The van der Waals surface area contributed by atoms with Crippen LogP contribution in [0, 0.1) is 0 Å². The quantitative estimate of drug-likeness (QED) is 0.485. The zero-order chi connectivity index (χ0) is 23.4. The number of nitrogens with zero attached hydrogens (tertiary/aromatic N) is 4. The number of piperidine rings is 1. The van der Waals surface area contributed by atoms with Gasteiger partial charge in [0.05, 0.1) is 17.8 Å². The molecule has 0 bridgehead atoms. The molecule has 174 valence electrons. The molecule has 2 aromatic carbocycles. The van der Waals surface area contributed by atoms with Crippen LogP contribution >= 0.6 is 0 Å². The molecule has 6 rings (SSSR count). The van der Waals surface area contributed by atoms with Gasteiger partial charge in [-0.1, -0.05) is 18.2 Å². The Kier molecular flexibility index (Phi) is 4.80. The van der Waals surface area contributed by atoms with Crippen LogP contribution in [0.15, 0.2) is 42.5 Å². The highest BCUT2D eigenvalue weighted by Gasteiger charge is 2.28. The zero-order valence-electron chi connectivity index (χ0n) is 18.6. The van der Waals surface area contributed by atoms with E-state index in [1.807, 2.05) is 30.3 Å². The summed E-state index contributed by atoms with van der Waals surface area (Å²) in [6.45, 7) is 2.09. The average molecular weight is 460 g/mol. The lowest BCUT2D eigenvalue weighted by atomic mass is 10.0. The van der Waals surface area contributed by atoms with Crippen molar-refractivity contribution in [1.29, 1.82) is 0 Å². The van der Waals surface area contributed by atoms with Gasteiger partial charge in [-0.15, -0.1) is 0 Å². The monoisotopic (exact) mass is 459 g/mol.